The third-order valence-electron chi connectivity index (χ3n) is 3.80. The Morgan fingerprint density at radius 1 is 1.15 bits per heavy atom. The summed E-state index contributed by atoms with van der Waals surface area (Å²) in [6, 6.07) is 14.4. The highest BCUT2D eigenvalue weighted by Crippen LogP contribution is 2.31. The maximum absolute atomic E-state index is 12.3. The minimum absolute atomic E-state index is 0.0811. The highest BCUT2D eigenvalue weighted by Gasteiger charge is 2.27. The molecule has 26 heavy (non-hydrogen) atoms. The van der Waals surface area contributed by atoms with Gasteiger partial charge < -0.3 is 19.3 Å². The monoisotopic (exact) mass is 371 g/mol. The molecule has 132 valence electrons. The number of benzene rings is 2. The normalized spacial score (nSPS) is 15.5. The Morgan fingerprint density at radius 2 is 1.92 bits per heavy atom. The van der Waals surface area contributed by atoms with E-state index in [1.807, 2.05) is 24.3 Å². The quantitative estimate of drug-likeness (QED) is 0.759. The molecule has 1 aromatic heterocycles. The van der Waals surface area contributed by atoms with Crippen molar-refractivity contribution in [3.05, 3.63) is 59.4 Å². The second-order valence-corrected chi connectivity index (χ2v) is 5.98. The number of ether oxygens (including phenoxy) is 2. The Balaban J connectivity index is 1.38. The summed E-state index contributed by atoms with van der Waals surface area (Å²) in [4.78, 5) is 16.5. The maximum Gasteiger partial charge on any atom is 0.265 e. The van der Waals surface area contributed by atoms with Crippen LogP contribution in [0.15, 0.2) is 53.1 Å². The Hall–Kier alpha value is -3.06. The first-order valence-corrected chi connectivity index (χ1v) is 8.32. The summed E-state index contributed by atoms with van der Waals surface area (Å²) in [5.41, 5.74) is 0.663. The van der Waals surface area contributed by atoms with Crippen LogP contribution < -0.4 is 14.8 Å². The van der Waals surface area contributed by atoms with E-state index < -0.39 is 6.10 Å². The van der Waals surface area contributed by atoms with Crippen LogP contribution in [0.25, 0.3) is 11.4 Å². The first-order valence-electron chi connectivity index (χ1n) is 7.94. The van der Waals surface area contributed by atoms with E-state index in [2.05, 4.69) is 15.5 Å². The molecule has 0 saturated heterocycles. The molecular weight excluding hydrogens is 358 g/mol. The van der Waals surface area contributed by atoms with Crippen LogP contribution in [0.5, 0.6) is 11.5 Å². The predicted molar refractivity (Wildman–Crippen MR) is 92.9 cm³/mol. The van der Waals surface area contributed by atoms with E-state index in [4.69, 9.17) is 25.6 Å². The minimum Gasteiger partial charge on any atom is -0.485 e. The number of rotatable bonds is 4. The van der Waals surface area contributed by atoms with Gasteiger partial charge in [-0.2, -0.15) is 4.98 Å². The molecule has 1 atom stereocenters. The Morgan fingerprint density at radius 3 is 2.77 bits per heavy atom. The molecule has 2 aromatic carbocycles. The van der Waals surface area contributed by atoms with E-state index in [-0.39, 0.29) is 24.9 Å². The van der Waals surface area contributed by atoms with Gasteiger partial charge in [-0.15, -0.1) is 0 Å². The highest BCUT2D eigenvalue weighted by atomic mass is 35.5. The molecule has 8 heteroatoms. The van der Waals surface area contributed by atoms with Crippen LogP contribution in [0.3, 0.4) is 0 Å². The fraction of sp³-hybridized carbons (Fsp3) is 0.167. The molecule has 2 heterocycles. The number of hydrogen-bond donors (Lipinski definition) is 1. The molecule has 0 saturated carbocycles. The number of nitrogens with zero attached hydrogens (tertiary/aromatic N) is 2. The number of fused-ring (bicyclic) bond motifs is 1. The van der Waals surface area contributed by atoms with Gasteiger partial charge in [0.15, 0.2) is 11.5 Å². The van der Waals surface area contributed by atoms with E-state index in [0.717, 1.165) is 0 Å². The fourth-order valence-electron chi connectivity index (χ4n) is 2.50. The molecule has 0 spiro atoms. The van der Waals surface area contributed by atoms with Gasteiger partial charge in [0.25, 0.3) is 5.91 Å². The lowest BCUT2D eigenvalue weighted by atomic mass is 10.2. The molecule has 0 fully saturated rings. The van der Waals surface area contributed by atoms with Gasteiger partial charge in [-0.1, -0.05) is 41.0 Å². The Labute approximate surface area is 153 Å². The first kappa shape index (κ1) is 16.4. The molecule has 1 N–H and O–H groups in total. The second kappa shape index (κ2) is 7.05. The number of amides is 1. The van der Waals surface area contributed by atoms with E-state index >= 15 is 0 Å². The molecular formula is C18H14ClN3O4. The standard InChI is InChI=1S/C18H14ClN3O4/c19-12-6-2-1-5-11(12)17-21-16(26-22-17)9-20-18(23)15-10-24-13-7-3-4-8-14(13)25-15/h1-8,15H,9-10H2,(H,20,23). The van der Waals surface area contributed by atoms with Crippen molar-refractivity contribution in [3.8, 4) is 22.9 Å². The van der Waals surface area contributed by atoms with Gasteiger partial charge in [0.05, 0.1) is 11.6 Å². The van der Waals surface area contributed by atoms with Crippen LogP contribution in [-0.2, 0) is 11.3 Å². The molecule has 0 aliphatic carbocycles. The lowest BCUT2D eigenvalue weighted by Crippen LogP contribution is -2.43. The van der Waals surface area contributed by atoms with Crippen molar-refractivity contribution in [2.24, 2.45) is 0 Å². The van der Waals surface area contributed by atoms with E-state index in [1.54, 1.807) is 24.3 Å². The van der Waals surface area contributed by atoms with Crippen molar-refractivity contribution in [1.82, 2.24) is 15.5 Å². The zero-order valence-corrected chi connectivity index (χ0v) is 14.3. The van der Waals surface area contributed by atoms with Gasteiger partial charge in [0, 0.05) is 5.56 Å². The SMILES string of the molecule is O=C(NCc1nc(-c2ccccc2Cl)no1)C1COc2ccccc2O1. The zero-order valence-electron chi connectivity index (χ0n) is 13.5. The van der Waals surface area contributed by atoms with Crippen molar-refractivity contribution in [3.63, 3.8) is 0 Å². The van der Waals surface area contributed by atoms with Crippen LogP contribution in [-0.4, -0.2) is 28.8 Å². The lowest BCUT2D eigenvalue weighted by molar-refractivity contribution is -0.130. The van der Waals surface area contributed by atoms with Crippen LogP contribution >= 0.6 is 11.6 Å². The Bertz CT molecular complexity index is 943. The number of para-hydroxylation sites is 2. The fourth-order valence-corrected chi connectivity index (χ4v) is 2.72. The summed E-state index contributed by atoms with van der Waals surface area (Å²) in [6.45, 7) is 0.218. The van der Waals surface area contributed by atoms with Crippen LogP contribution in [0.2, 0.25) is 5.02 Å². The number of carbonyl (C=O) groups is 1. The van der Waals surface area contributed by atoms with Crippen molar-refractivity contribution in [1.29, 1.82) is 0 Å². The van der Waals surface area contributed by atoms with E-state index in [9.17, 15) is 4.79 Å². The molecule has 1 amide bonds. The molecule has 1 aliphatic rings. The van der Waals surface area contributed by atoms with Crippen molar-refractivity contribution < 1.29 is 18.8 Å². The van der Waals surface area contributed by atoms with Crippen molar-refractivity contribution in [2.75, 3.05) is 6.61 Å². The van der Waals surface area contributed by atoms with Gasteiger partial charge in [0.2, 0.25) is 17.8 Å². The molecule has 3 aromatic rings. The Kier molecular flexibility index (Phi) is 4.45. The van der Waals surface area contributed by atoms with Gasteiger partial charge in [0.1, 0.15) is 6.61 Å². The summed E-state index contributed by atoms with van der Waals surface area (Å²) < 4.78 is 16.3. The maximum atomic E-state index is 12.3. The van der Waals surface area contributed by atoms with Crippen molar-refractivity contribution in [2.45, 2.75) is 12.6 Å². The highest BCUT2D eigenvalue weighted by molar-refractivity contribution is 6.33. The zero-order chi connectivity index (χ0) is 17.9. The molecule has 0 bridgehead atoms. The molecule has 1 unspecified atom stereocenters. The third-order valence-corrected chi connectivity index (χ3v) is 4.13. The topological polar surface area (TPSA) is 86.5 Å². The van der Waals surface area contributed by atoms with Crippen LogP contribution in [0.4, 0.5) is 0 Å². The molecule has 4 rings (SSSR count). The van der Waals surface area contributed by atoms with E-state index in [1.165, 1.54) is 0 Å². The molecule has 0 radical (unpaired) electrons. The predicted octanol–water partition coefficient (Wildman–Crippen LogP) is 2.85. The summed E-state index contributed by atoms with van der Waals surface area (Å²) in [7, 11) is 0. The third kappa shape index (κ3) is 3.34. The summed E-state index contributed by atoms with van der Waals surface area (Å²) in [5, 5.41) is 7.12. The largest absolute Gasteiger partial charge is 0.485 e. The average Bonchev–Trinajstić information content (AvgIpc) is 3.15. The van der Waals surface area contributed by atoms with Crippen LogP contribution in [0.1, 0.15) is 5.89 Å². The van der Waals surface area contributed by atoms with E-state index in [0.29, 0.717) is 27.9 Å². The van der Waals surface area contributed by atoms with Crippen LogP contribution in [0, 0.1) is 0 Å². The van der Waals surface area contributed by atoms with Gasteiger partial charge in [-0.05, 0) is 24.3 Å². The number of aromatic nitrogens is 2. The lowest BCUT2D eigenvalue weighted by Gasteiger charge is -2.25. The average molecular weight is 372 g/mol. The summed E-state index contributed by atoms with van der Waals surface area (Å²) >= 11 is 6.12. The number of halogens is 1. The van der Waals surface area contributed by atoms with Gasteiger partial charge in [-0.25, -0.2) is 0 Å². The number of carbonyl (C=O) groups excluding carboxylic acids is 1. The molecule has 7 nitrogen and oxygen atoms in total. The molecule has 1 aliphatic heterocycles. The number of hydrogen-bond acceptors (Lipinski definition) is 6. The first-order chi connectivity index (χ1) is 12.7. The minimum atomic E-state index is -0.740. The van der Waals surface area contributed by atoms with Gasteiger partial charge in [-0.3, -0.25) is 4.79 Å². The smallest absolute Gasteiger partial charge is 0.265 e. The van der Waals surface area contributed by atoms with Gasteiger partial charge >= 0.3 is 0 Å². The number of nitrogens with one attached hydrogen (secondary N) is 1. The summed E-state index contributed by atoms with van der Waals surface area (Å²) in [6.07, 6.45) is -0.740. The summed E-state index contributed by atoms with van der Waals surface area (Å²) in [5.74, 6) is 1.48. The second-order valence-electron chi connectivity index (χ2n) is 5.57. The van der Waals surface area contributed by atoms with Crippen molar-refractivity contribution >= 4 is 17.5 Å².